The largest absolute Gasteiger partial charge is 0.381 e. The van der Waals surface area contributed by atoms with Crippen molar-refractivity contribution in [2.75, 3.05) is 13.2 Å². The molecule has 4 nitrogen and oxygen atoms in total. The topological polar surface area (TPSA) is 47.0 Å². The number of hydrogen-bond donors (Lipinski definition) is 1. The molecule has 0 amide bonds. The van der Waals surface area contributed by atoms with E-state index in [-0.39, 0.29) is 5.54 Å². The molecule has 1 aliphatic heterocycles. The second-order valence-corrected chi connectivity index (χ2v) is 5.90. The van der Waals surface area contributed by atoms with Gasteiger partial charge in [-0.05, 0) is 39.7 Å². The highest BCUT2D eigenvalue weighted by Gasteiger charge is 2.18. The maximum Gasteiger partial charge on any atom is 0.131 e. The van der Waals surface area contributed by atoms with Gasteiger partial charge < -0.3 is 10.1 Å². The third kappa shape index (κ3) is 4.03. The highest BCUT2D eigenvalue weighted by molar-refractivity contribution is 5.06. The number of nitrogens with zero attached hydrogens (tertiary/aromatic N) is 2. The second kappa shape index (κ2) is 5.76. The fraction of sp³-hybridized carbons (Fsp3) is 0.714. The van der Waals surface area contributed by atoms with Crippen LogP contribution in [0.25, 0.3) is 0 Å². The van der Waals surface area contributed by atoms with Gasteiger partial charge in [0.25, 0.3) is 0 Å². The van der Waals surface area contributed by atoms with Gasteiger partial charge in [0.05, 0.1) is 5.69 Å². The quantitative estimate of drug-likeness (QED) is 0.892. The van der Waals surface area contributed by atoms with Gasteiger partial charge in [-0.25, -0.2) is 9.97 Å². The molecule has 1 fully saturated rings. The third-order valence-electron chi connectivity index (χ3n) is 3.12. The van der Waals surface area contributed by atoms with Crippen molar-refractivity contribution in [3.8, 4) is 0 Å². The molecule has 0 aliphatic carbocycles. The average molecular weight is 249 g/mol. The summed E-state index contributed by atoms with van der Waals surface area (Å²) in [5.41, 5.74) is 1.19. The standard InChI is InChI=1S/C14H23N3O/c1-14(2,3)16-10-12-4-7-15-13(17-12)11-5-8-18-9-6-11/h4,7,11,16H,5-6,8-10H2,1-3H3. The van der Waals surface area contributed by atoms with E-state index in [1.54, 1.807) is 0 Å². The van der Waals surface area contributed by atoms with E-state index in [0.717, 1.165) is 44.1 Å². The molecule has 0 aromatic carbocycles. The summed E-state index contributed by atoms with van der Waals surface area (Å²) < 4.78 is 5.38. The monoisotopic (exact) mass is 249 g/mol. The predicted molar refractivity (Wildman–Crippen MR) is 71.4 cm³/mol. The zero-order valence-corrected chi connectivity index (χ0v) is 11.6. The van der Waals surface area contributed by atoms with Crippen LogP contribution in [0.1, 0.15) is 51.0 Å². The molecule has 4 heteroatoms. The van der Waals surface area contributed by atoms with E-state index in [4.69, 9.17) is 4.74 Å². The molecule has 100 valence electrons. The minimum absolute atomic E-state index is 0.115. The Bertz CT molecular complexity index is 381. The summed E-state index contributed by atoms with van der Waals surface area (Å²) in [4.78, 5) is 9.08. The van der Waals surface area contributed by atoms with Crippen molar-refractivity contribution < 1.29 is 4.74 Å². The minimum atomic E-state index is 0.115. The van der Waals surface area contributed by atoms with Gasteiger partial charge in [0.1, 0.15) is 5.82 Å². The normalized spacial score (nSPS) is 17.9. The molecule has 1 N–H and O–H groups in total. The highest BCUT2D eigenvalue weighted by Crippen LogP contribution is 2.23. The molecule has 2 rings (SSSR count). The lowest BCUT2D eigenvalue weighted by Crippen LogP contribution is -2.35. The number of ether oxygens (including phenoxy) is 1. The van der Waals surface area contributed by atoms with Gasteiger partial charge in [-0.15, -0.1) is 0 Å². The number of aromatic nitrogens is 2. The van der Waals surface area contributed by atoms with Crippen LogP contribution in [0.3, 0.4) is 0 Å². The Kier molecular flexibility index (Phi) is 4.30. The first-order chi connectivity index (χ1) is 8.54. The first-order valence-electron chi connectivity index (χ1n) is 6.69. The van der Waals surface area contributed by atoms with E-state index < -0.39 is 0 Å². The molecule has 0 saturated carbocycles. The Morgan fingerprint density at radius 2 is 2.06 bits per heavy atom. The summed E-state index contributed by atoms with van der Waals surface area (Å²) in [7, 11) is 0. The van der Waals surface area contributed by atoms with Gasteiger partial charge in [0.2, 0.25) is 0 Å². The Morgan fingerprint density at radius 3 is 2.72 bits per heavy atom. The molecule has 0 atom stereocenters. The van der Waals surface area contributed by atoms with E-state index >= 15 is 0 Å². The summed E-state index contributed by atoms with van der Waals surface area (Å²) in [6.45, 7) is 8.94. The summed E-state index contributed by atoms with van der Waals surface area (Å²) in [6.07, 6.45) is 3.95. The first-order valence-corrected chi connectivity index (χ1v) is 6.69. The molecule has 18 heavy (non-hydrogen) atoms. The van der Waals surface area contributed by atoms with Crippen LogP contribution in [0.4, 0.5) is 0 Å². The van der Waals surface area contributed by atoms with Gasteiger partial charge in [0.15, 0.2) is 0 Å². The molecule has 2 heterocycles. The maximum absolute atomic E-state index is 5.38. The number of nitrogens with one attached hydrogen (secondary N) is 1. The van der Waals surface area contributed by atoms with Crippen molar-refractivity contribution >= 4 is 0 Å². The van der Waals surface area contributed by atoms with Crippen LogP contribution in [0.5, 0.6) is 0 Å². The molecule has 1 aromatic heterocycles. The fourth-order valence-corrected chi connectivity index (χ4v) is 2.02. The summed E-state index contributed by atoms with van der Waals surface area (Å²) in [5, 5.41) is 3.45. The molecule has 0 unspecified atom stereocenters. The average Bonchev–Trinajstić information content (AvgIpc) is 2.37. The lowest BCUT2D eigenvalue weighted by Gasteiger charge is -2.22. The van der Waals surface area contributed by atoms with Crippen LogP contribution < -0.4 is 5.32 Å². The fourth-order valence-electron chi connectivity index (χ4n) is 2.02. The molecule has 0 bridgehead atoms. The van der Waals surface area contributed by atoms with Crippen molar-refractivity contribution in [1.82, 2.24) is 15.3 Å². The maximum atomic E-state index is 5.38. The van der Waals surface area contributed by atoms with E-state index in [1.807, 2.05) is 12.3 Å². The van der Waals surface area contributed by atoms with Crippen molar-refractivity contribution in [2.24, 2.45) is 0 Å². The SMILES string of the molecule is CC(C)(C)NCc1ccnc(C2CCOCC2)n1. The van der Waals surface area contributed by atoms with Crippen molar-refractivity contribution in [3.05, 3.63) is 23.8 Å². The summed E-state index contributed by atoms with van der Waals surface area (Å²) in [5.74, 6) is 1.44. The molecular formula is C14H23N3O. The molecule has 0 radical (unpaired) electrons. The zero-order chi connectivity index (χ0) is 13.0. The Balaban J connectivity index is 2.00. The highest BCUT2D eigenvalue weighted by atomic mass is 16.5. The van der Waals surface area contributed by atoms with Gasteiger partial charge in [-0.2, -0.15) is 0 Å². The number of hydrogen-bond acceptors (Lipinski definition) is 4. The van der Waals surface area contributed by atoms with Crippen LogP contribution >= 0.6 is 0 Å². The smallest absolute Gasteiger partial charge is 0.131 e. The molecule has 1 aromatic rings. The van der Waals surface area contributed by atoms with E-state index in [9.17, 15) is 0 Å². The molecule has 1 saturated heterocycles. The van der Waals surface area contributed by atoms with Crippen LogP contribution in [-0.2, 0) is 11.3 Å². The second-order valence-electron chi connectivity index (χ2n) is 5.90. The van der Waals surface area contributed by atoms with Crippen LogP contribution in [0, 0.1) is 0 Å². The Hall–Kier alpha value is -1.00. The Labute approximate surface area is 109 Å². The van der Waals surface area contributed by atoms with E-state index in [1.165, 1.54) is 0 Å². The zero-order valence-electron chi connectivity index (χ0n) is 11.6. The van der Waals surface area contributed by atoms with Crippen LogP contribution in [0.2, 0.25) is 0 Å². The van der Waals surface area contributed by atoms with Crippen molar-refractivity contribution in [3.63, 3.8) is 0 Å². The van der Waals surface area contributed by atoms with Gasteiger partial charge >= 0.3 is 0 Å². The van der Waals surface area contributed by atoms with Gasteiger partial charge in [-0.3, -0.25) is 0 Å². The minimum Gasteiger partial charge on any atom is -0.381 e. The third-order valence-corrected chi connectivity index (χ3v) is 3.12. The molecule has 0 spiro atoms. The Morgan fingerprint density at radius 1 is 1.33 bits per heavy atom. The molecule has 1 aliphatic rings. The lowest BCUT2D eigenvalue weighted by molar-refractivity contribution is 0.0835. The van der Waals surface area contributed by atoms with Crippen molar-refractivity contribution in [2.45, 2.75) is 51.6 Å². The van der Waals surface area contributed by atoms with Crippen LogP contribution in [0.15, 0.2) is 12.3 Å². The van der Waals surface area contributed by atoms with Gasteiger partial charge in [0, 0.05) is 37.4 Å². The summed E-state index contributed by atoms with van der Waals surface area (Å²) >= 11 is 0. The first kappa shape index (κ1) is 13.4. The van der Waals surface area contributed by atoms with Gasteiger partial charge in [-0.1, -0.05) is 0 Å². The number of rotatable bonds is 3. The van der Waals surface area contributed by atoms with Crippen LogP contribution in [-0.4, -0.2) is 28.7 Å². The predicted octanol–water partition coefficient (Wildman–Crippen LogP) is 2.26. The van der Waals surface area contributed by atoms with E-state index in [2.05, 4.69) is 36.1 Å². The summed E-state index contributed by atoms with van der Waals surface area (Å²) in [6, 6.07) is 1.99. The molecular weight excluding hydrogens is 226 g/mol. The van der Waals surface area contributed by atoms with E-state index in [0.29, 0.717) is 5.92 Å². The lowest BCUT2D eigenvalue weighted by atomic mass is 9.99. The van der Waals surface area contributed by atoms with Crippen molar-refractivity contribution in [1.29, 1.82) is 0 Å².